The minimum absolute atomic E-state index is 0.0101. The van der Waals surface area contributed by atoms with Gasteiger partial charge in [0.15, 0.2) is 0 Å². The van der Waals surface area contributed by atoms with Crippen LogP contribution < -0.4 is 10.6 Å². The van der Waals surface area contributed by atoms with Crippen LogP contribution in [0.15, 0.2) is 78.9 Å². The molecule has 7 heteroatoms. The number of carbonyl (C=O) groups excluding carboxylic acids is 2. The molecule has 0 spiro atoms. The van der Waals surface area contributed by atoms with Crippen molar-refractivity contribution in [3.05, 3.63) is 101 Å². The largest absolute Gasteiger partial charge is 0.340 e. The van der Waals surface area contributed by atoms with Gasteiger partial charge in [-0.25, -0.2) is 0 Å². The lowest BCUT2D eigenvalue weighted by molar-refractivity contribution is -0.118. The fraction of sp³-hybridized carbons (Fsp3) is 0.241. The van der Waals surface area contributed by atoms with Gasteiger partial charge in [-0.15, -0.1) is 10.2 Å². The van der Waals surface area contributed by atoms with Crippen molar-refractivity contribution in [2.24, 2.45) is 0 Å². The first-order valence-corrected chi connectivity index (χ1v) is 12.7. The Labute approximate surface area is 215 Å². The number of aryl methyl sites for hydroxylation is 1. The van der Waals surface area contributed by atoms with Crippen molar-refractivity contribution < 1.29 is 9.59 Å². The molecule has 2 amide bonds. The highest BCUT2D eigenvalue weighted by Gasteiger charge is 2.24. The Hall–Kier alpha value is -3.84. The van der Waals surface area contributed by atoms with E-state index >= 15 is 0 Å². The molecule has 1 heterocycles. The lowest BCUT2D eigenvalue weighted by atomic mass is 9.86. The second-order valence-electron chi connectivity index (χ2n) is 9.81. The highest BCUT2D eigenvalue weighted by Crippen LogP contribution is 2.27. The first-order chi connectivity index (χ1) is 17.2. The predicted octanol–water partition coefficient (Wildman–Crippen LogP) is 5.79. The third-order valence-electron chi connectivity index (χ3n) is 5.84. The van der Waals surface area contributed by atoms with Gasteiger partial charge in [0.1, 0.15) is 11.0 Å². The van der Waals surface area contributed by atoms with Gasteiger partial charge in [-0.05, 0) is 41.7 Å². The molecule has 0 saturated heterocycles. The molecule has 4 rings (SSSR count). The van der Waals surface area contributed by atoms with Gasteiger partial charge in [0.05, 0.1) is 0 Å². The molecule has 0 saturated carbocycles. The highest BCUT2D eigenvalue weighted by atomic mass is 32.1. The normalized spacial score (nSPS) is 12.1. The molecule has 0 aliphatic rings. The van der Waals surface area contributed by atoms with Crippen molar-refractivity contribution in [2.75, 3.05) is 5.32 Å². The number of rotatable bonds is 7. The molecule has 0 bridgehead atoms. The lowest BCUT2D eigenvalue weighted by Gasteiger charge is -2.20. The molecule has 1 atom stereocenters. The smallest absolute Gasteiger partial charge is 0.251 e. The van der Waals surface area contributed by atoms with Crippen LogP contribution >= 0.6 is 11.3 Å². The van der Waals surface area contributed by atoms with E-state index in [1.807, 2.05) is 73.7 Å². The Kier molecular flexibility index (Phi) is 7.60. The first kappa shape index (κ1) is 25.3. The van der Waals surface area contributed by atoms with Gasteiger partial charge in [-0.2, -0.15) is 0 Å². The van der Waals surface area contributed by atoms with Crippen LogP contribution in [0.4, 0.5) is 5.13 Å². The summed E-state index contributed by atoms with van der Waals surface area (Å²) in [6.45, 7) is 8.39. The molecule has 0 unspecified atom stereocenters. The molecule has 0 radical (unpaired) electrons. The maximum absolute atomic E-state index is 13.3. The molecule has 184 valence electrons. The Balaban J connectivity index is 1.51. The number of hydrogen-bond donors (Lipinski definition) is 2. The van der Waals surface area contributed by atoms with Gasteiger partial charge in [0.25, 0.3) is 5.91 Å². The average molecular weight is 499 g/mol. The number of nitrogens with one attached hydrogen (secondary N) is 2. The molecule has 6 nitrogen and oxygen atoms in total. The first-order valence-electron chi connectivity index (χ1n) is 11.9. The molecular formula is C29H30N4O2S. The zero-order valence-electron chi connectivity index (χ0n) is 20.9. The van der Waals surface area contributed by atoms with E-state index < -0.39 is 6.04 Å². The summed E-state index contributed by atoms with van der Waals surface area (Å²) in [7, 11) is 0. The Morgan fingerprint density at radius 3 is 2.31 bits per heavy atom. The van der Waals surface area contributed by atoms with E-state index in [4.69, 9.17) is 0 Å². The number of carbonyl (C=O) groups is 2. The van der Waals surface area contributed by atoms with Crippen LogP contribution in [0, 0.1) is 6.92 Å². The summed E-state index contributed by atoms with van der Waals surface area (Å²) in [5.74, 6) is -0.644. The van der Waals surface area contributed by atoms with Gasteiger partial charge >= 0.3 is 0 Å². The summed E-state index contributed by atoms with van der Waals surface area (Å²) in [5.41, 5.74) is 4.64. The number of benzene rings is 3. The van der Waals surface area contributed by atoms with E-state index in [0.29, 0.717) is 17.1 Å². The number of hydrogen-bond acceptors (Lipinski definition) is 5. The monoisotopic (exact) mass is 498 g/mol. The van der Waals surface area contributed by atoms with Gasteiger partial charge in [-0.3, -0.25) is 14.9 Å². The van der Waals surface area contributed by atoms with Crippen molar-refractivity contribution in [1.82, 2.24) is 15.5 Å². The number of amides is 2. The second-order valence-corrected chi connectivity index (χ2v) is 10.8. The lowest BCUT2D eigenvalue weighted by Crippen LogP contribution is -2.45. The van der Waals surface area contributed by atoms with Crippen LogP contribution in [0.3, 0.4) is 0 Å². The molecule has 0 aliphatic heterocycles. The van der Waals surface area contributed by atoms with Gasteiger partial charge in [0, 0.05) is 17.5 Å². The predicted molar refractivity (Wildman–Crippen MR) is 145 cm³/mol. The topological polar surface area (TPSA) is 84.0 Å². The molecule has 1 aromatic heterocycles. The van der Waals surface area contributed by atoms with Crippen molar-refractivity contribution in [3.63, 3.8) is 0 Å². The summed E-state index contributed by atoms with van der Waals surface area (Å²) in [6, 6.07) is 24.3. The quantitative estimate of drug-likeness (QED) is 0.338. The van der Waals surface area contributed by atoms with E-state index in [1.165, 1.54) is 11.3 Å². The standard InChI is InChI=1S/C29H30N4O2S/c1-19-9-8-12-22(17-19)27-32-33-28(36-27)31-26(35)24(18-20-10-6-5-7-11-20)30-25(34)21-13-15-23(16-14-21)29(2,3)4/h5-17,24H,18H2,1-4H3,(H,30,34)(H,31,33,35)/t24-/m1/s1. The Morgan fingerprint density at radius 2 is 1.64 bits per heavy atom. The third kappa shape index (κ3) is 6.43. The third-order valence-corrected chi connectivity index (χ3v) is 6.73. The van der Waals surface area contributed by atoms with Crippen LogP contribution in [-0.4, -0.2) is 28.1 Å². The molecular weight excluding hydrogens is 468 g/mol. The number of nitrogens with zero attached hydrogens (tertiary/aromatic N) is 2. The van der Waals surface area contributed by atoms with Gasteiger partial charge in [0.2, 0.25) is 11.0 Å². The van der Waals surface area contributed by atoms with Crippen molar-refractivity contribution in [3.8, 4) is 10.6 Å². The average Bonchev–Trinajstić information content (AvgIpc) is 3.32. The summed E-state index contributed by atoms with van der Waals surface area (Å²) < 4.78 is 0. The summed E-state index contributed by atoms with van der Waals surface area (Å²) in [5, 5.41) is 15.2. The molecule has 2 N–H and O–H groups in total. The fourth-order valence-electron chi connectivity index (χ4n) is 3.78. The molecule has 3 aromatic carbocycles. The maximum atomic E-state index is 13.3. The Bertz CT molecular complexity index is 1340. The van der Waals surface area contributed by atoms with E-state index in [0.717, 1.165) is 27.3 Å². The van der Waals surface area contributed by atoms with Crippen LogP contribution in [-0.2, 0) is 16.6 Å². The Morgan fingerprint density at radius 1 is 0.917 bits per heavy atom. The van der Waals surface area contributed by atoms with E-state index in [-0.39, 0.29) is 17.2 Å². The molecule has 4 aromatic rings. The second kappa shape index (κ2) is 10.8. The van der Waals surface area contributed by atoms with E-state index in [1.54, 1.807) is 12.1 Å². The number of anilines is 1. The zero-order chi connectivity index (χ0) is 25.7. The molecule has 0 aliphatic carbocycles. The summed E-state index contributed by atoms with van der Waals surface area (Å²) in [4.78, 5) is 26.4. The number of aromatic nitrogens is 2. The van der Waals surface area contributed by atoms with Gasteiger partial charge in [-0.1, -0.05) is 98.3 Å². The van der Waals surface area contributed by atoms with E-state index in [2.05, 4.69) is 41.6 Å². The van der Waals surface area contributed by atoms with Crippen LogP contribution in [0.5, 0.6) is 0 Å². The maximum Gasteiger partial charge on any atom is 0.251 e. The van der Waals surface area contributed by atoms with Crippen molar-refractivity contribution >= 4 is 28.3 Å². The fourth-order valence-corrected chi connectivity index (χ4v) is 4.53. The zero-order valence-corrected chi connectivity index (χ0v) is 21.7. The summed E-state index contributed by atoms with van der Waals surface area (Å²) in [6.07, 6.45) is 0.349. The van der Waals surface area contributed by atoms with Crippen LogP contribution in [0.2, 0.25) is 0 Å². The molecule has 36 heavy (non-hydrogen) atoms. The van der Waals surface area contributed by atoms with Crippen LogP contribution in [0.25, 0.3) is 10.6 Å². The minimum Gasteiger partial charge on any atom is -0.340 e. The van der Waals surface area contributed by atoms with Gasteiger partial charge < -0.3 is 5.32 Å². The molecule has 0 fully saturated rings. The van der Waals surface area contributed by atoms with Crippen LogP contribution in [0.1, 0.15) is 47.8 Å². The van der Waals surface area contributed by atoms with E-state index in [9.17, 15) is 9.59 Å². The van der Waals surface area contributed by atoms with Crippen molar-refractivity contribution in [1.29, 1.82) is 0 Å². The minimum atomic E-state index is -0.784. The SMILES string of the molecule is Cc1cccc(-c2nnc(NC(=O)[C@@H](Cc3ccccc3)NC(=O)c3ccc(C(C)(C)C)cc3)s2)c1. The van der Waals surface area contributed by atoms with Crippen molar-refractivity contribution in [2.45, 2.75) is 45.6 Å². The highest BCUT2D eigenvalue weighted by molar-refractivity contribution is 7.18. The summed E-state index contributed by atoms with van der Waals surface area (Å²) >= 11 is 1.30.